The summed E-state index contributed by atoms with van der Waals surface area (Å²) in [6.45, 7) is 2.44. The van der Waals surface area contributed by atoms with E-state index in [4.69, 9.17) is 5.11 Å². The summed E-state index contributed by atoms with van der Waals surface area (Å²) in [5, 5.41) is 17.1. The standard InChI is InChI=1S/C14H12N4O2/c1-9-4-3-7-15-11(9)8-18-12-6-2-5-10(14(19)20)13(12)16-17-18/h2-7H,8H2,1H3,(H,19,20). The number of hydrogen-bond acceptors (Lipinski definition) is 4. The van der Waals surface area contributed by atoms with Crippen molar-refractivity contribution in [1.29, 1.82) is 0 Å². The lowest BCUT2D eigenvalue weighted by Gasteiger charge is -2.05. The summed E-state index contributed by atoms with van der Waals surface area (Å²) in [6.07, 6.45) is 1.73. The Morgan fingerprint density at radius 3 is 2.90 bits per heavy atom. The number of nitrogens with zero attached hydrogens (tertiary/aromatic N) is 4. The van der Waals surface area contributed by atoms with Gasteiger partial charge in [0.05, 0.1) is 23.3 Å². The molecule has 0 unspecified atom stereocenters. The molecule has 0 spiro atoms. The predicted octanol–water partition coefficient (Wildman–Crippen LogP) is 1.88. The van der Waals surface area contributed by atoms with Gasteiger partial charge in [0.2, 0.25) is 0 Å². The Hall–Kier alpha value is -2.76. The summed E-state index contributed by atoms with van der Waals surface area (Å²) < 4.78 is 1.66. The highest BCUT2D eigenvalue weighted by Gasteiger charge is 2.14. The van der Waals surface area contributed by atoms with E-state index in [9.17, 15) is 4.79 Å². The molecule has 100 valence electrons. The van der Waals surface area contributed by atoms with Crippen molar-refractivity contribution in [3.63, 3.8) is 0 Å². The average molecular weight is 268 g/mol. The molecule has 20 heavy (non-hydrogen) atoms. The van der Waals surface area contributed by atoms with Crippen molar-refractivity contribution in [2.45, 2.75) is 13.5 Å². The second kappa shape index (κ2) is 4.73. The van der Waals surface area contributed by atoms with Gasteiger partial charge in [-0.15, -0.1) is 5.10 Å². The van der Waals surface area contributed by atoms with Crippen molar-refractivity contribution in [2.24, 2.45) is 0 Å². The van der Waals surface area contributed by atoms with Gasteiger partial charge in [-0.3, -0.25) is 4.98 Å². The Kier molecular flexibility index (Phi) is 2.90. The normalized spacial score (nSPS) is 10.8. The van der Waals surface area contributed by atoms with Crippen LogP contribution in [0.15, 0.2) is 36.5 Å². The maximum Gasteiger partial charge on any atom is 0.338 e. The lowest BCUT2D eigenvalue weighted by atomic mass is 10.2. The minimum Gasteiger partial charge on any atom is -0.478 e. The number of aromatic nitrogens is 4. The predicted molar refractivity (Wildman–Crippen MR) is 72.6 cm³/mol. The summed E-state index contributed by atoms with van der Waals surface area (Å²) in [4.78, 5) is 15.5. The van der Waals surface area contributed by atoms with Gasteiger partial charge in [0, 0.05) is 6.20 Å². The van der Waals surface area contributed by atoms with Crippen molar-refractivity contribution in [1.82, 2.24) is 20.0 Å². The highest BCUT2D eigenvalue weighted by atomic mass is 16.4. The number of fused-ring (bicyclic) bond motifs is 1. The monoisotopic (exact) mass is 268 g/mol. The molecule has 0 saturated carbocycles. The zero-order chi connectivity index (χ0) is 14.1. The van der Waals surface area contributed by atoms with Gasteiger partial charge in [0.25, 0.3) is 0 Å². The number of carboxylic acid groups (broad SMARTS) is 1. The van der Waals surface area contributed by atoms with E-state index in [0.717, 1.165) is 11.3 Å². The quantitative estimate of drug-likeness (QED) is 0.784. The second-order valence-electron chi connectivity index (χ2n) is 4.49. The van der Waals surface area contributed by atoms with Gasteiger partial charge in [-0.05, 0) is 30.7 Å². The van der Waals surface area contributed by atoms with E-state index in [1.807, 2.05) is 19.1 Å². The largest absolute Gasteiger partial charge is 0.478 e. The van der Waals surface area contributed by atoms with E-state index >= 15 is 0 Å². The van der Waals surface area contributed by atoms with Gasteiger partial charge in [-0.2, -0.15) is 0 Å². The number of aryl methyl sites for hydroxylation is 1. The average Bonchev–Trinajstić information content (AvgIpc) is 2.84. The minimum absolute atomic E-state index is 0.159. The van der Waals surface area contributed by atoms with Crippen LogP contribution < -0.4 is 0 Å². The van der Waals surface area contributed by atoms with Crippen LogP contribution in [0.5, 0.6) is 0 Å². The highest BCUT2D eigenvalue weighted by Crippen LogP contribution is 2.17. The molecule has 0 aliphatic carbocycles. The van der Waals surface area contributed by atoms with E-state index in [2.05, 4.69) is 15.3 Å². The first-order valence-electron chi connectivity index (χ1n) is 6.13. The molecule has 1 N–H and O–H groups in total. The number of aromatic carboxylic acids is 1. The highest BCUT2D eigenvalue weighted by molar-refractivity contribution is 6.00. The van der Waals surface area contributed by atoms with Crippen LogP contribution in [0.25, 0.3) is 11.0 Å². The van der Waals surface area contributed by atoms with Crippen molar-refractivity contribution in [3.05, 3.63) is 53.3 Å². The minimum atomic E-state index is -1.00. The fourth-order valence-electron chi connectivity index (χ4n) is 2.11. The second-order valence-corrected chi connectivity index (χ2v) is 4.49. The van der Waals surface area contributed by atoms with Gasteiger partial charge in [0.15, 0.2) is 0 Å². The number of benzene rings is 1. The Morgan fingerprint density at radius 2 is 2.15 bits per heavy atom. The molecule has 0 fully saturated rings. The topological polar surface area (TPSA) is 80.9 Å². The zero-order valence-corrected chi connectivity index (χ0v) is 10.8. The lowest BCUT2D eigenvalue weighted by molar-refractivity contribution is 0.0699. The summed E-state index contributed by atoms with van der Waals surface area (Å²) in [7, 11) is 0. The first-order valence-corrected chi connectivity index (χ1v) is 6.13. The van der Waals surface area contributed by atoms with E-state index in [-0.39, 0.29) is 5.56 Å². The molecular formula is C14H12N4O2. The van der Waals surface area contributed by atoms with Crippen LogP contribution in [0.2, 0.25) is 0 Å². The number of carboxylic acids is 1. The van der Waals surface area contributed by atoms with Crippen LogP contribution in [0.4, 0.5) is 0 Å². The van der Waals surface area contributed by atoms with Gasteiger partial charge in [-0.1, -0.05) is 17.3 Å². The SMILES string of the molecule is Cc1cccnc1Cn1nnc2c(C(=O)O)cccc21. The summed E-state index contributed by atoms with van der Waals surface area (Å²) >= 11 is 0. The fourth-order valence-corrected chi connectivity index (χ4v) is 2.11. The third kappa shape index (κ3) is 2.01. The van der Waals surface area contributed by atoms with Crippen LogP contribution in [0.3, 0.4) is 0 Å². The van der Waals surface area contributed by atoms with E-state index in [1.54, 1.807) is 23.0 Å². The molecule has 0 aliphatic heterocycles. The molecule has 6 heteroatoms. The molecule has 2 heterocycles. The Labute approximate surface area is 114 Å². The van der Waals surface area contributed by atoms with Crippen LogP contribution in [0.1, 0.15) is 21.6 Å². The maximum absolute atomic E-state index is 11.1. The molecular weight excluding hydrogens is 256 g/mol. The van der Waals surface area contributed by atoms with Crippen molar-refractivity contribution >= 4 is 17.0 Å². The zero-order valence-electron chi connectivity index (χ0n) is 10.8. The third-order valence-electron chi connectivity index (χ3n) is 3.19. The van der Waals surface area contributed by atoms with Gasteiger partial charge >= 0.3 is 5.97 Å². The lowest BCUT2D eigenvalue weighted by Crippen LogP contribution is -2.05. The molecule has 0 amide bonds. The van der Waals surface area contributed by atoms with Crippen LogP contribution in [-0.4, -0.2) is 31.1 Å². The number of hydrogen-bond donors (Lipinski definition) is 1. The molecule has 3 rings (SSSR count). The third-order valence-corrected chi connectivity index (χ3v) is 3.19. The first-order chi connectivity index (χ1) is 9.66. The Balaban J connectivity index is 2.08. The molecule has 0 atom stereocenters. The molecule has 2 aromatic heterocycles. The Morgan fingerprint density at radius 1 is 1.30 bits per heavy atom. The molecule has 3 aromatic rings. The molecule has 0 aliphatic rings. The summed E-state index contributed by atoms with van der Waals surface area (Å²) in [5.41, 5.74) is 3.19. The van der Waals surface area contributed by atoms with Crippen molar-refractivity contribution < 1.29 is 9.90 Å². The maximum atomic E-state index is 11.1. The van der Waals surface area contributed by atoms with Gasteiger partial charge in [0.1, 0.15) is 5.52 Å². The van der Waals surface area contributed by atoms with Crippen LogP contribution in [-0.2, 0) is 6.54 Å². The molecule has 6 nitrogen and oxygen atoms in total. The summed E-state index contributed by atoms with van der Waals surface area (Å²) in [6, 6.07) is 8.87. The van der Waals surface area contributed by atoms with Crippen LogP contribution >= 0.6 is 0 Å². The van der Waals surface area contributed by atoms with E-state index < -0.39 is 5.97 Å². The number of carbonyl (C=O) groups is 1. The van der Waals surface area contributed by atoms with E-state index in [1.165, 1.54) is 6.07 Å². The molecule has 0 saturated heterocycles. The molecule has 0 bridgehead atoms. The van der Waals surface area contributed by atoms with Crippen LogP contribution in [0, 0.1) is 6.92 Å². The smallest absolute Gasteiger partial charge is 0.338 e. The fraction of sp³-hybridized carbons (Fsp3) is 0.143. The number of pyridine rings is 1. The summed E-state index contributed by atoms with van der Waals surface area (Å²) in [5.74, 6) is -1.00. The first kappa shape index (κ1) is 12.3. The Bertz CT molecular complexity index is 795. The van der Waals surface area contributed by atoms with E-state index in [0.29, 0.717) is 17.6 Å². The molecule has 1 aromatic carbocycles. The molecule has 0 radical (unpaired) electrons. The number of rotatable bonds is 3. The van der Waals surface area contributed by atoms with Crippen molar-refractivity contribution in [2.75, 3.05) is 0 Å². The van der Waals surface area contributed by atoms with Gasteiger partial charge in [-0.25, -0.2) is 9.48 Å². The van der Waals surface area contributed by atoms with Crippen molar-refractivity contribution in [3.8, 4) is 0 Å². The van der Waals surface area contributed by atoms with Gasteiger partial charge < -0.3 is 5.11 Å².